The fourth-order valence-corrected chi connectivity index (χ4v) is 3.81. The Balaban J connectivity index is 1.36. The molecular formula is C23H26N2O3. The summed E-state index contributed by atoms with van der Waals surface area (Å²) >= 11 is 0. The van der Waals surface area contributed by atoms with Gasteiger partial charge < -0.3 is 14.8 Å². The van der Waals surface area contributed by atoms with Gasteiger partial charge in [0.2, 0.25) is 5.90 Å². The van der Waals surface area contributed by atoms with Crippen LogP contribution in [0.15, 0.2) is 59.6 Å². The standard InChI is InChI=1S/C23H26N2O3/c26-23(25-19-11-5-2-6-12-19)28-21-13-7-10-18(15-21)22-24-20(16-27-22)14-17-8-3-1-4-9-17/h1,3-4,7-10,13,15,19-20H,2,5-6,11-12,14,16H2,(H,25,26)/t20-/m0/s1. The minimum absolute atomic E-state index is 0.108. The maximum absolute atomic E-state index is 12.2. The zero-order chi connectivity index (χ0) is 19.2. The molecule has 4 rings (SSSR count). The molecule has 1 fully saturated rings. The van der Waals surface area contributed by atoms with Crippen LogP contribution < -0.4 is 10.1 Å². The van der Waals surface area contributed by atoms with Crippen LogP contribution in [0.1, 0.15) is 43.2 Å². The molecule has 0 unspecified atom stereocenters. The van der Waals surface area contributed by atoms with Crippen molar-refractivity contribution in [2.24, 2.45) is 4.99 Å². The molecule has 1 atom stereocenters. The van der Waals surface area contributed by atoms with Gasteiger partial charge in [0.25, 0.3) is 0 Å². The maximum Gasteiger partial charge on any atom is 0.412 e. The van der Waals surface area contributed by atoms with E-state index in [4.69, 9.17) is 14.5 Å². The van der Waals surface area contributed by atoms with E-state index in [1.807, 2.05) is 36.4 Å². The van der Waals surface area contributed by atoms with Crippen LogP contribution >= 0.6 is 0 Å². The van der Waals surface area contributed by atoms with Crippen molar-refractivity contribution in [3.63, 3.8) is 0 Å². The van der Waals surface area contributed by atoms with Gasteiger partial charge >= 0.3 is 6.09 Å². The second-order valence-electron chi connectivity index (χ2n) is 7.49. The van der Waals surface area contributed by atoms with Crippen LogP contribution in [0, 0.1) is 0 Å². The highest BCUT2D eigenvalue weighted by Crippen LogP contribution is 2.21. The highest BCUT2D eigenvalue weighted by molar-refractivity contribution is 5.95. The molecule has 0 radical (unpaired) electrons. The van der Waals surface area contributed by atoms with Crippen molar-refractivity contribution in [3.8, 4) is 5.75 Å². The molecule has 2 aliphatic rings. The van der Waals surface area contributed by atoms with E-state index in [-0.39, 0.29) is 18.2 Å². The number of amides is 1. The number of rotatable bonds is 5. The summed E-state index contributed by atoms with van der Waals surface area (Å²) in [5.74, 6) is 1.11. The first-order valence-electron chi connectivity index (χ1n) is 10.1. The van der Waals surface area contributed by atoms with Crippen molar-refractivity contribution in [1.29, 1.82) is 0 Å². The third kappa shape index (κ3) is 4.91. The summed E-state index contributed by atoms with van der Waals surface area (Å²) in [6, 6.07) is 18.0. The Hall–Kier alpha value is -2.82. The Morgan fingerprint density at radius 2 is 1.89 bits per heavy atom. The van der Waals surface area contributed by atoms with Gasteiger partial charge in [-0.15, -0.1) is 0 Å². The fourth-order valence-electron chi connectivity index (χ4n) is 3.81. The van der Waals surface area contributed by atoms with E-state index in [0.717, 1.165) is 24.8 Å². The summed E-state index contributed by atoms with van der Waals surface area (Å²) in [4.78, 5) is 16.9. The average molecular weight is 378 g/mol. The number of hydrogen-bond acceptors (Lipinski definition) is 4. The van der Waals surface area contributed by atoms with Crippen LogP contribution in [0.3, 0.4) is 0 Å². The summed E-state index contributed by atoms with van der Waals surface area (Å²) in [6.45, 7) is 0.567. The largest absolute Gasteiger partial charge is 0.475 e. The summed E-state index contributed by atoms with van der Waals surface area (Å²) in [5.41, 5.74) is 2.08. The van der Waals surface area contributed by atoms with Gasteiger partial charge in [0.15, 0.2) is 0 Å². The minimum atomic E-state index is -0.389. The zero-order valence-corrected chi connectivity index (χ0v) is 16.0. The lowest BCUT2D eigenvalue weighted by atomic mass is 9.96. The van der Waals surface area contributed by atoms with Crippen molar-refractivity contribution >= 4 is 12.0 Å². The molecule has 0 saturated heterocycles. The second kappa shape index (κ2) is 8.91. The highest BCUT2D eigenvalue weighted by atomic mass is 16.6. The molecule has 5 nitrogen and oxygen atoms in total. The Morgan fingerprint density at radius 3 is 2.71 bits per heavy atom. The molecule has 1 heterocycles. The fraction of sp³-hybridized carbons (Fsp3) is 0.391. The van der Waals surface area contributed by atoms with Crippen molar-refractivity contribution < 1.29 is 14.3 Å². The molecule has 5 heteroatoms. The molecule has 28 heavy (non-hydrogen) atoms. The molecule has 1 saturated carbocycles. The van der Waals surface area contributed by atoms with Gasteiger partial charge in [0.1, 0.15) is 12.4 Å². The molecule has 1 amide bonds. The van der Waals surface area contributed by atoms with Gasteiger partial charge in [0.05, 0.1) is 6.04 Å². The van der Waals surface area contributed by atoms with E-state index < -0.39 is 0 Å². The van der Waals surface area contributed by atoms with Gasteiger partial charge in [-0.25, -0.2) is 9.79 Å². The van der Waals surface area contributed by atoms with E-state index in [2.05, 4.69) is 17.4 Å². The number of nitrogens with one attached hydrogen (secondary N) is 1. The van der Waals surface area contributed by atoms with Crippen LogP contribution in [-0.2, 0) is 11.2 Å². The lowest BCUT2D eigenvalue weighted by Crippen LogP contribution is -2.38. The molecule has 1 aliphatic heterocycles. The third-order valence-electron chi connectivity index (χ3n) is 5.25. The van der Waals surface area contributed by atoms with Gasteiger partial charge in [-0.2, -0.15) is 0 Å². The summed E-state index contributed by atoms with van der Waals surface area (Å²) in [7, 11) is 0. The lowest BCUT2D eigenvalue weighted by Gasteiger charge is -2.22. The topological polar surface area (TPSA) is 59.9 Å². The van der Waals surface area contributed by atoms with E-state index in [9.17, 15) is 4.79 Å². The predicted octanol–water partition coefficient (Wildman–Crippen LogP) is 4.50. The normalized spacial score (nSPS) is 19.6. The van der Waals surface area contributed by atoms with E-state index in [0.29, 0.717) is 18.3 Å². The second-order valence-corrected chi connectivity index (χ2v) is 7.49. The number of benzene rings is 2. The molecule has 1 N–H and O–H groups in total. The SMILES string of the molecule is O=C(NC1CCCCC1)Oc1cccc(C2=N[C@@H](Cc3ccccc3)CO2)c1. The van der Waals surface area contributed by atoms with Crippen LogP contribution in [0.4, 0.5) is 4.79 Å². The highest BCUT2D eigenvalue weighted by Gasteiger charge is 2.21. The Morgan fingerprint density at radius 1 is 1.07 bits per heavy atom. The predicted molar refractivity (Wildman–Crippen MR) is 109 cm³/mol. The molecule has 2 aromatic rings. The summed E-state index contributed by atoms with van der Waals surface area (Å²) < 4.78 is 11.3. The van der Waals surface area contributed by atoms with Crippen molar-refractivity contribution in [2.75, 3.05) is 6.61 Å². The quantitative estimate of drug-likeness (QED) is 0.834. The molecular weight excluding hydrogens is 352 g/mol. The monoisotopic (exact) mass is 378 g/mol. The number of nitrogens with zero attached hydrogens (tertiary/aromatic N) is 1. The van der Waals surface area contributed by atoms with Crippen LogP contribution in [-0.4, -0.2) is 30.7 Å². The molecule has 0 spiro atoms. The van der Waals surface area contributed by atoms with Crippen LogP contribution in [0.2, 0.25) is 0 Å². The molecule has 2 aromatic carbocycles. The maximum atomic E-state index is 12.2. The number of hydrogen-bond donors (Lipinski definition) is 1. The minimum Gasteiger partial charge on any atom is -0.475 e. The molecule has 0 aromatic heterocycles. The van der Waals surface area contributed by atoms with E-state index in [1.165, 1.54) is 24.8 Å². The average Bonchev–Trinajstić information content (AvgIpc) is 3.18. The van der Waals surface area contributed by atoms with Gasteiger partial charge in [-0.3, -0.25) is 0 Å². The zero-order valence-electron chi connectivity index (χ0n) is 16.0. The Bertz CT molecular complexity index is 829. The van der Waals surface area contributed by atoms with Crippen molar-refractivity contribution in [1.82, 2.24) is 5.32 Å². The number of carbonyl (C=O) groups is 1. The number of carbonyl (C=O) groups excluding carboxylic acids is 1. The first-order chi connectivity index (χ1) is 13.8. The molecule has 0 bridgehead atoms. The Labute approximate surface area is 165 Å². The van der Waals surface area contributed by atoms with Gasteiger partial charge in [0, 0.05) is 11.6 Å². The smallest absolute Gasteiger partial charge is 0.412 e. The first-order valence-corrected chi connectivity index (χ1v) is 10.1. The van der Waals surface area contributed by atoms with E-state index in [1.54, 1.807) is 6.07 Å². The Kier molecular flexibility index (Phi) is 5.90. The number of aliphatic imine (C=N–C) groups is 1. The summed E-state index contributed by atoms with van der Waals surface area (Å²) in [6.07, 6.45) is 6.11. The molecule has 146 valence electrons. The van der Waals surface area contributed by atoms with Crippen molar-refractivity contribution in [2.45, 2.75) is 50.6 Å². The van der Waals surface area contributed by atoms with Gasteiger partial charge in [-0.05, 0) is 43.0 Å². The van der Waals surface area contributed by atoms with Gasteiger partial charge in [-0.1, -0.05) is 55.7 Å². The first kappa shape index (κ1) is 18.5. The van der Waals surface area contributed by atoms with Crippen LogP contribution in [0.5, 0.6) is 5.75 Å². The lowest BCUT2D eigenvalue weighted by molar-refractivity contribution is 0.192. The third-order valence-corrected chi connectivity index (χ3v) is 5.25. The van der Waals surface area contributed by atoms with E-state index >= 15 is 0 Å². The summed E-state index contributed by atoms with van der Waals surface area (Å²) in [5, 5.41) is 2.97. The molecule has 1 aliphatic carbocycles. The number of ether oxygens (including phenoxy) is 2. The van der Waals surface area contributed by atoms with Crippen LogP contribution in [0.25, 0.3) is 0 Å². The van der Waals surface area contributed by atoms with Crippen molar-refractivity contribution in [3.05, 3.63) is 65.7 Å².